The molecule has 10 nitrogen and oxygen atoms in total. The summed E-state index contributed by atoms with van der Waals surface area (Å²) in [7, 11) is 0. The molecule has 8 rings (SSSR count). The number of rotatable bonds is 12. The van der Waals surface area contributed by atoms with Gasteiger partial charge >= 0.3 is 0 Å². The highest BCUT2D eigenvalue weighted by atomic mass is 19.1. The Morgan fingerprint density at radius 1 is 0.981 bits per heavy atom. The number of hydrogen-bond acceptors (Lipinski definition) is 10. The third-order valence-corrected chi connectivity index (χ3v) is 11.3. The SMILES string of the molecule is C=CCN(CC=C)[C@@H]1c2onc(OCc3ccccc3)c2C(=O)[C@@]2(O)C(=O)C3=C(O)c4c(OCc5ccccc5)cc(C5CCCN5)c(F)c4C[C@H]3C[C@@H]12. The number of fused-ring (bicyclic) bond motifs is 4. The van der Waals surface area contributed by atoms with Gasteiger partial charge in [0.2, 0.25) is 11.6 Å². The standard InChI is InChI=1S/C43H42FN3O7/c1-3-18-47(19-4-2)37-30-21-27-20-29-34(32(52-23-25-12-7-5-8-13-25)22-28(36(29)44)31-16-11-17-45-31)38(48)33(27)40(49)43(30,51)41(50)35-39(37)54-46-42(35)53-24-26-14-9-6-10-15-26/h3-10,12-15,22,27,30-31,37,45,48,51H,1-2,11,16-21,23-24H2/t27-,30-,31?,37-,43-/m0/s1. The van der Waals surface area contributed by atoms with Crippen LogP contribution in [0.15, 0.2) is 102 Å². The van der Waals surface area contributed by atoms with E-state index in [-0.39, 0.29) is 71.8 Å². The first kappa shape index (κ1) is 35.7. The van der Waals surface area contributed by atoms with Crippen molar-refractivity contribution in [2.75, 3.05) is 19.6 Å². The number of hydrogen-bond donors (Lipinski definition) is 3. The van der Waals surface area contributed by atoms with Crippen molar-refractivity contribution in [1.82, 2.24) is 15.4 Å². The Kier molecular flexibility index (Phi) is 9.55. The van der Waals surface area contributed by atoms with Crippen LogP contribution < -0.4 is 14.8 Å². The summed E-state index contributed by atoms with van der Waals surface area (Å²) in [6.45, 7) is 9.33. The van der Waals surface area contributed by atoms with Crippen molar-refractivity contribution >= 4 is 17.3 Å². The van der Waals surface area contributed by atoms with Crippen LogP contribution in [0.1, 0.15) is 75.3 Å². The largest absolute Gasteiger partial charge is 0.507 e. The van der Waals surface area contributed by atoms with E-state index in [0.29, 0.717) is 18.7 Å². The van der Waals surface area contributed by atoms with E-state index in [9.17, 15) is 19.8 Å². The number of ether oxygens (including phenoxy) is 2. The van der Waals surface area contributed by atoms with Crippen molar-refractivity contribution in [3.8, 4) is 11.6 Å². The van der Waals surface area contributed by atoms with Crippen LogP contribution in [0.3, 0.4) is 0 Å². The number of carbonyl (C=O) groups excluding carboxylic acids is 2. The molecule has 54 heavy (non-hydrogen) atoms. The Morgan fingerprint density at radius 2 is 1.65 bits per heavy atom. The molecular formula is C43H42FN3O7. The molecule has 1 saturated heterocycles. The fourth-order valence-electron chi connectivity index (χ4n) is 8.81. The molecule has 0 spiro atoms. The molecule has 3 aromatic carbocycles. The highest BCUT2D eigenvalue weighted by molar-refractivity contribution is 6.26. The Balaban J connectivity index is 1.25. The molecule has 0 amide bonds. The first-order valence-corrected chi connectivity index (χ1v) is 18.4. The van der Waals surface area contributed by atoms with Crippen LogP contribution >= 0.6 is 0 Å². The summed E-state index contributed by atoms with van der Waals surface area (Å²) in [5.41, 5.74) is -0.502. The van der Waals surface area contributed by atoms with E-state index in [0.717, 1.165) is 30.5 Å². The van der Waals surface area contributed by atoms with Gasteiger partial charge in [-0.1, -0.05) is 72.8 Å². The summed E-state index contributed by atoms with van der Waals surface area (Å²) >= 11 is 0. The van der Waals surface area contributed by atoms with Gasteiger partial charge in [-0.3, -0.25) is 14.5 Å². The van der Waals surface area contributed by atoms with Gasteiger partial charge in [0.15, 0.2) is 11.4 Å². The number of aliphatic hydroxyl groups is 2. The van der Waals surface area contributed by atoms with Crippen molar-refractivity contribution in [3.63, 3.8) is 0 Å². The van der Waals surface area contributed by atoms with Crippen molar-refractivity contribution < 1.29 is 38.2 Å². The number of ketones is 2. The van der Waals surface area contributed by atoms with Crippen molar-refractivity contribution in [2.45, 2.75) is 56.6 Å². The molecule has 0 bridgehead atoms. The number of aliphatic hydroxyl groups excluding tert-OH is 1. The molecule has 1 aromatic heterocycles. The predicted octanol–water partition coefficient (Wildman–Crippen LogP) is 6.77. The molecule has 1 aliphatic heterocycles. The molecule has 4 aliphatic rings. The third kappa shape index (κ3) is 5.87. The third-order valence-electron chi connectivity index (χ3n) is 11.3. The molecule has 278 valence electrons. The van der Waals surface area contributed by atoms with Crippen LogP contribution in [-0.2, 0) is 24.4 Å². The maximum absolute atomic E-state index is 16.8. The number of nitrogens with one attached hydrogen (secondary N) is 1. The van der Waals surface area contributed by atoms with Gasteiger partial charge in [-0.25, -0.2) is 4.39 Å². The fourth-order valence-corrected chi connectivity index (χ4v) is 8.81. The molecule has 2 heterocycles. The van der Waals surface area contributed by atoms with E-state index in [2.05, 4.69) is 23.6 Å². The molecule has 2 fully saturated rings. The number of benzene rings is 3. The molecule has 1 saturated carbocycles. The summed E-state index contributed by atoms with van der Waals surface area (Å²) in [5, 5.41) is 32.3. The molecule has 1 unspecified atom stereocenters. The van der Waals surface area contributed by atoms with Crippen molar-refractivity contribution in [2.24, 2.45) is 11.8 Å². The van der Waals surface area contributed by atoms with Gasteiger partial charge in [0.05, 0.1) is 11.6 Å². The fraction of sp³-hybridized carbons (Fsp3) is 0.326. The second-order valence-electron chi connectivity index (χ2n) is 14.5. The number of nitrogens with zero attached hydrogens (tertiary/aromatic N) is 2. The Bertz CT molecular complexity index is 2130. The van der Waals surface area contributed by atoms with Gasteiger partial charge in [-0.05, 0) is 60.5 Å². The van der Waals surface area contributed by atoms with Crippen LogP contribution in [0, 0.1) is 17.7 Å². The summed E-state index contributed by atoms with van der Waals surface area (Å²) in [6.07, 6.45) is 5.06. The quantitative estimate of drug-likeness (QED) is 0.106. The second-order valence-corrected chi connectivity index (χ2v) is 14.5. The first-order valence-electron chi connectivity index (χ1n) is 18.4. The van der Waals surface area contributed by atoms with Crippen LogP contribution in [0.25, 0.3) is 5.76 Å². The van der Waals surface area contributed by atoms with Gasteiger partial charge in [0.25, 0.3) is 5.88 Å². The number of halogens is 1. The minimum Gasteiger partial charge on any atom is -0.507 e. The van der Waals surface area contributed by atoms with Crippen LogP contribution in [0.2, 0.25) is 0 Å². The van der Waals surface area contributed by atoms with Crippen LogP contribution in [-0.4, -0.2) is 57.1 Å². The van der Waals surface area contributed by atoms with Crippen LogP contribution in [0.5, 0.6) is 11.6 Å². The Hall–Kier alpha value is -5.36. The lowest BCUT2D eigenvalue weighted by atomic mass is 9.57. The lowest BCUT2D eigenvalue weighted by Gasteiger charge is -2.50. The summed E-state index contributed by atoms with van der Waals surface area (Å²) in [5.74, 6) is -4.41. The molecule has 3 aliphatic carbocycles. The average molecular weight is 732 g/mol. The lowest BCUT2D eigenvalue weighted by Crippen LogP contribution is -2.63. The monoisotopic (exact) mass is 731 g/mol. The minimum atomic E-state index is -2.64. The lowest BCUT2D eigenvalue weighted by molar-refractivity contribution is -0.143. The molecular weight excluding hydrogens is 689 g/mol. The highest BCUT2D eigenvalue weighted by Crippen LogP contribution is 2.57. The van der Waals surface area contributed by atoms with Gasteiger partial charge in [0, 0.05) is 41.7 Å². The number of aromatic nitrogens is 1. The summed E-state index contributed by atoms with van der Waals surface area (Å²) < 4.78 is 34.9. The smallest absolute Gasteiger partial charge is 0.265 e. The highest BCUT2D eigenvalue weighted by Gasteiger charge is 2.66. The van der Waals surface area contributed by atoms with Crippen molar-refractivity contribution in [3.05, 3.63) is 143 Å². The van der Waals surface area contributed by atoms with Crippen LogP contribution in [0.4, 0.5) is 4.39 Å². The van der Waals surface area contributed by atoms with E-state index >= 15 is 4.39 Å². The predicted molar refractivity (Wildman–Crippen MR) is 198 cm³/mol. The molecule has 11 heteroatoms. The summed E-state index contributed by atoms with van der Waals surface area (Å²) in [6, 6.07) is 19.2. The van der Waals surface area contributed by atoms with E-state index in [1.54, 1.807) is 18.2 Å². The molecule has 4 aromatic rings. The van der Waals surface area contributed by atoms with E-state index < -0.39 is 46.6 Å². The molecule has 0 radical (unpaired) electrons. The topological polar surface area (TPSA) is 134 Å². The van der Waals surface area contributed by atoms with Gasteiger partial charge in [0.1, 0.15) is 36.1 Å². The molecule has 3 N–H and O–H groups in total. The Morgan fingerprint density at radius 3 is 2.28 bits per heavy atom. The summed E-state index contributed by atoms with van der Waals surface area (Å²) in [4.78, 5) is 31.5. The normalized spacial score (nSPS) is 24.4. The maximum Gasteiger partial charge on any atom is 0.265 e. The van der Waals surface area contributed by atoms with Gasteiger partial charge in [-0.2, -0.15) is 0 Å². The van der Waals surface area contributed by atoms with Crippen molar-refractivity contribution in [1.29, 1.82) is 0 Å². The zero-order chi connectivity index (χ0) is 37.6. The number of Topliss-reactive ketones (excluding diaryl/α,β-unsaturated/α-hetero) is 2. The van der Waals surface area contributed by atoms with Gasteiger partial charge < -0.3 is 29.5 Å². The number of carbonyl (C=O) groups is 2. The van der Waals surface area contributed by atoms with E-state index in [1.165, 1.54) is 0 Å². The maximum atomic E-state index is 16.8. The second kappa shape index (κ2) is 14.5. The van der Waals surface area contributed by atoms with Gasteiger partial charge in [-0.15, -0.1) is 13.2 Å². The molecule has 5 atom stereocenters. The average Bonchev–Trinajstić information content (AvgIpc) is 3.87. The zero-order valence-corrected chi connectivity index (χ0v) is 29.8. The van der Waals surface area contributed by atoms with E-state index in [4.69, 9.17) is 14.0 Å². The van der Waals surface area contributed by atoms with E-state index in [1.807, 2.05) is 65.6 Å². The minimum absolute atomic E-state index is 0.0413. The Labute approximate surface area is 312 Å². The zero-order valence-electron chi connectivity index (χ0n) is 29.8. The first-order chi connectivity index (χ1) is 26.3.